The van der Waals surface area contributed by atoms with Crippen LogP contribution in [0.15, 0.2) is 22.7 Å². The van der Waals surface area contributed by atoms with Gasteiger partial charge in [0.25, 0.3) is 0 Å². The predicted octanol–water partition coefficient (Wildman–Crippen LogP) is 2.88. The van der Waals surface area contributed by atoms with Crippen LogP contribution in [0.4, 0.5) is 4.39 Å². The smallest absolute Gasteiger partial charge is 0.243 e. The highest BCUT2D eigenvalue weighted by molar-refractivity contribution is 6.31. The highest BCUT2D eigenvalue weighted by Crippen LogP contribution is 2.24. The third-order valence-corrected chi connectivity index (χ3v) is 3.59. The van der Waals surface area contributed by atoms with Gasteiger partial charge < -0.3 is 9.84 Å². The Labute approximate surface area is 115 Å². The van der Waals surface area contributed by atoms with Crippen molar-refractivity contribution in [2.24, 2.45) is 0 Å². The Morgan fingerprint density at radius 1 is 1.47 bits per heavy atom. The molecule has 6 heteroatoms. The Kier molecular flexibility index (Phi) is 3.48. The summed E-state index contributed by atoms with van der Waals surface area (Å²) in [5.41, 5.74) is 0.399. The summed E-state index contributed by atoms with van der Waals surface area (Å²) in [5.74, 6) is 0.675. The van der Waals surface area contributed by atoms with Gasteiger partial charge in [-0.1, -0.05) is 22.8 Å². The molecule has 19 heavy (non-hydrogen) atoms. The molecule has 0 unspecified atom stereocenters. The minimum atomic E-state index is -0.349. The molecule has 2 aromatic rings. The molecule has 0 amide bonds. The van der Waals surface area contributed by atoms with E-state index < -0.39 is 0 Å². The van der Waals surface area contributed by atoms with Gasteiger partial charge in [-0.2, -0.15) is 4.98 Å². The molecule has 0 saturated carbocycles. The lowest BCUT2D eigenvalue weighted by Crippen LogP contribution is -2.13. The molecule has 0 radical (unpaired) electrons. The van der Waals surface area contributed by atoms with Gasteiger partial charge in [0.15, 0.2) is 5.82 Å². The number of hydrogen-bond donors (Lipinski definition) is 1. The molecule has 0 aliphatic carbocycles. The van der Waals surface area contributed by atoms with Gasteiger partial charge in [0.1, 0.15) is 5.82 Å². The van der Waals surface area contributed by atoms with Gasteiger partial charge in [-0.05, 0) is 31.5 Å². The fraction of sp³-hybridized carbons (Fsp3) is 0.385. The van der Waals surface area contributed by atoms with Crippen molar-refractivity contribution in [1.29, 1.82) is 0 Å². The molecule has 1 fully saturated rings. The van der Waals surface area contributed by atoms with Crippen LogP contribution in [0.3, 0.4) is 0 Å². The highest BCUT2D eigenvalue weighted by atomic mass is 35.5. The number of hydrogen-bond acceptors (Lipinski definition) is 4. The van der Waals surface area contributed by atoms with Crippen LogP contribution in [-0.2, 0) is 6.42 Å². The summed E-state index contributed by atoms with van der Waals surface area (Å²) in [6.07, 6.45) is 2.32. The van der Waals surface area contributed by atoms with E-state index in [9.17, 15) is 4.39 Å². The van der Waals surface area contributed by atoms with Crippen LogP contribution in [0.2, 0.25) is 5.02 Å². The van der Waals surface area contributed by atoms with E-state index in [-0.39, 0.29) is 18.3 Å². The third kappa shape index (κ3) is 2.62. The maximum Gasteiger partial charge on any atom is 0.243 e. The van der Waals surface area contributed by atoms with Gasteiger partial charge in [0.05, 0.1) is 6.04 Å². The van der Waals surface area contributed by atoms with Crippen LogP contribution in [0.1, 0.15) is 36.2 Å². The van der Waals surface area contributed by atoms with Crippen LogP contribution < -0.4 is 5.32 Å². The molecule has 0 spiro atoms. The number of halogens is 2. The fourth-order valence-corrected chi connectivity index (χ4v) is 2.47. The minimum Gasteiger partial charge on any atom is -0.338 e. The Hall–Kier alpha value is -1.46. The summed E-state index contributed by atoms with van der Waals surface area (Å²) < 4.78 is 18.9. The van der Waals surface area contributed by atoms with E-state index in [2.05, 4.69) is 15.5 Å². The number of benzene rings is 1. The molecule has 3 rings (SSSR count). The van der Waals surface area contributed by atoms with E-state index in [1.54, 1.807) is 12.1 Å². The lowest BCUT2D eigenvalue weighted by atomic mass is 10.1. The average molecular weight is 282 g/mol. The summed E-state index contributed by atoms with van der Waals surface area (Å²) in [4.78, 5) is 4.30. The van der Waals surface area contributed by atoms with Crippen LogP contribution in [0, 0.1) is 5.82 Å². The molecular weight excluding hydrogens is 269 g/mol. The van der Waals surface area contributed by atoms with Crippen LogP contribution >= 0.6 is 11.6 Å². The first-order valence-electron chi connectivity index (χ1n) is 6.23. The van der Waals surface area contributed by atoms with E-state index in [1.807, 2.05) is 0 Å². The van der Waals surface area contributed by atoms with Crippen molar-refractivity contribution in [3.8, 4) is 0 Å². The maximum atomic E-state index is 13.7. The van der Waals surface area contributed by atoms with Gasteiger partial charge >= 0.3 is 0 Å². The van der Waals surface area contributed by atoms with Crippen LogP contribution in [0.25, 0.3) is 0 Å². The zero-order valence-electron chi connectivity index (χ0n) is 10.2. The Morgan fingerprint density at radius 3 is 3.11 bits per heavy atom. The molecule has 100 valence electrons. The molecule has 2 heterocycles. The summed E-state index contributed by atoms with van der Waals surface area (Å²) in [6, 6.07) is 4.73. The second-order valence-electron chi connectivity index (χ2n) is 4.57. The van der Waals surface area contributed by atoms with Crippen molar-refractivity contribution in [2.45, 2.75) is 25.3 Å². The van der Waals surface area contributed by atoms with Gasteiger partial charge in [-0.15, -0.1) is 0 Å². The second kappa shape index (κ2) is 5.27. The fourth-order valence-electron chi connectivity index (χ4n) is 2.24. The second-order valence-corrected chi connectivity index (χ2v) is 4.98. The lowest BCUT2D eigenvalue weighted by Gasteiger charge is -2.02. The summed E-state index contributed by atoms with van der Waals surface area (Å²) in [5, 5.41) is 7.54. The zero-order chi connectivity index (χ0) is 13.2. The van der Waals surface area contributed by atoms with Crippen molar-refractivity contribution >= 4 is 11.6 Å². The van der Waals surface area contributed by atoms with Gasteiger partial charge in [-0.25, -0.2) is 4.39 Å². The van der Waals surface area contributed by atoms with Gasteiger partial charge in [-0.3, -0.25) is 0 Å². The number of nitrogens with one attached hydrogen (secondary N) is 1. The predicted molar refractivity (Wildman–Crippen MR) is 68.5 cm³/mol. The molecule has 1 aromatic heterocycles. The van der Waals surface area contributed by atoms with Crippen molar-refractivity contribution < 1.29 is 8.91 Å². The van der Waals surface area contributed by atoms with Crippen molar-refractivity contribution in [1.82, 2.24) is 15.5 Å². The van der Waals surface area contributed by atoms with E-state index in [0.717, 1.165) is 19.4 Å². The maximum absolute atomic E-state index is 13.7. The third-order valence-electron chi connectivity index (χ3n) is 3.24. The number of rotatable bonds is 3. The summed E-state index contributed by atoms with van der Waals surface area (Å²) in [7, 11) is 0. The summed E-state index contributed by atoms with van der Waals surface area (Å²) >= 11 is 5.97. The lowest BCUT2D eigenvalue weighted by molar-refractivity contribution is 0.341. The Bertz CT molecular complexity index is 561. The van der Waals surface area contributed by atoms with E-state index in [0.29, 0.717) is 22.3 Å². The summed E-state index contributed by atoms with van der Waals surface area (Å²) in [6.45, 7) is 0.960. The largest absolute Gasteiger partial charge is 0.338 e. The minimum absolute atomic E-state index is 0.123. The first-order chi connectivity index (χ1) is 9.24. The Morgan fingerprint density at radius 2 is 2.37 bits per heavy atom. The molecule has 1 N–H and O–H groups in total. The zero-order valence-corrected chi connectivity index (χ0v) is 11.0. The normalized spacial score (nSPS) is 18.9. The molecule has 1 aromatic carbocycles. The monoisotopic (exact) mass is 281 g/mol. The number of nitrogens with zero attached hydrogens (tertiary/aromatic N) is 2. The molecule has 1 atom stereocenters. The van der Waals surface area contributed by atoms with Gasteiger partial charge in [0.2, 0.25) is 5.89 Å². The molecule has 1 aliphatic rings. The van der Waals surface area contributed by atoms with Crippen LogP contribution in [-0.4, -0.2) is 16.7 Å². The molecular formula is C13H13ClFN3O. The van der Waals surface area contributed by atoms with E-state index >= 15 is 0 Å². The van der Waals surface area contributed by atoms with Gasteiger partial charge in [0, 0.05) is 17.0 Å². The van der Waals surface area contributed by atoms with Crippen LogP contribution in [0.5, 0.6) is 0 Å². The number of aromatic nitrogens is 2. The topological polar surface area (TPSA) is 51.0 Å². The highest BCUT2D eigenvalue weighted by Gasteiger charge is 2.22. The standard InChI is InChI=1S/C13H13ClFN3O/c14-9-3-1-4-10(15)8(9)7-12-17-13(19-18-12)11-5-2-6-16-11/h1,3-4,11,16H,2,5-7H2/t11-/m1/s1. The van der Waals surface area contributed by atoms with Crippen molar-refractivity contribution in [2.75, 3.05) is 6.54 Å². The van der Waals surface area contributed by atoms with Crippen molar-refractivity contribution in [3.05, 3.63) is 46.3 Å². The van der Waals surface area contributed by atoms with E-state index in [4.69, 9.17) is 16.1 Å². The molecule has 1 aliphatic heterocycles. The van der Waals surface area contributed by atoms with Crippen molar-refractivity contribution in [3.63, 3.8) is 0 Å². The van der Waals surface area contributed by atoms with E-state index in [1.165, 1.54) is 6.07 Å². The first kappa shape index (κ1) is 12.6. The molecule has 1 saturated heterocycles. The first-order valence-corrected chi connectivity index (χ1v) is 6.60. The molecule has 4 nitrogen and oxygen atoms in total. The average Bonchev–Trinajstić information content (AvgIpc) is 3.04. The molecule has 0 bridgehead atoms. The Balaban J connectivity index is 1.80. The quantitative estimate of drug-likeness (QED) is 0.940. The SMILES string of the molecule is Fc1cccc(Cl)c1Cc1noc([C@H]2CCCN2)n1.